The first-order valence-electron chi connectivity index (χ1n) is 4.93. The fourth-order valence-electron chi connectivity index (χ4n) is 0.972. The Bertz CT molecular complexity index is 375. The lowest BCUT2D eigenvalue weighted by Crippen LogP contribution is -2.35. The second kappa shape index (κ2) is 5.80. The molecule has 0 aliphatic heterocycles. The minimum atomic E-state index is -0.595. The highest BCUT2D eigenvalue weighted by Gasteiger charge is 2.05. The maximum absolute atomic E-state index is 11.3. The molecule has 9 heteroatoms. The summed E-state index contributed by atoms with van der Waals surface area (Å²) in [5.74, 6) is -0.223. The zero-order chi connectivity index (χ0) is 12.8. The molecule has 7 N–H and O–H groups in total. The summed E-state index contributed by atoms with van der Waals surface area (Å²) < 4.78 is 0. The van der Waals surface area contributed by atoms with Crippen LogP contribution in [-0.2, 0) is 4.79 Å². The average Bonchev–Trinajstić information content (AvgIpc) is 2.22. The van der Waals surface area contributed by atoms with Crippen molar-refractivity contribution in [1.29, 1.82) is 0 Å². The number of anilines is 3. The molecule has 1 aromatic heterocycles. The first-order valence-corrected chi connectivity index (χ1v) is 4.93. The number of aliphatic hydroxyl groups is 1. The van der Waals surface area contributed by atoms with E-state index in [-0.39, 0.29) is 36.8 Å². The normalized spacial score (nSPS) is 11.9. The number of nitrogens with two attached hydrogens (primary N) is 2. The van der Waals surface area contributed by atoms with Gasteiger partial charge in [-0.1, -0.05) is 0 Å². The lowest BCUT2D eigenvalue weighted by molar-refractivity contribution is -0.119. The van der Waals surface area contributed by atoms with E-state index in [0.717, 1.165) is 0 Å². The molecule has 1 aromatic rings. The van der Waals surface area contributed by atoms with Gasteiger partial charge in [-0.3, -0.25) is 4.79 Å². The van der Waals surface area contributed by atoms with Gasteiger partial charge in [0.1, 0.15) is 0 Å². The average molecular weight is 241 g/mol. The number of carbonyl (C=O) groups is 1. The lowest BCUT2D eigenvalue weighted by Gasteiger charge is -2.08. The van der Waals surface area contributed by atoms with Gasteiger partial charge in [-0.05, 0) is 6.92 Å². The molecule has 1 heterocycles. The fourth-order valence-corrected chi connectivity index (χ4v) is 0.972. The first-order chi connectivity index (χ1) is 7.97. The second-order valence-corrected chi connectivity index (χ2v) is 3.38. The lowest BCUT2D eigenvalue weighted by atomic mass is 10.4. The highest BCUT2D eigenvalue weighted by Crippen LogP contribution is 2.02. The van der Waals surface area contributed by atoms with Crippen molar-refractivity contribution in [1.82, 2.24) is 20.3 Å². The standard InChI is InChI=1S/C8H15N7O2/c1-4(16)2-11-5(17)3-12-8-14-6(9)13-7(10)15-8/h4,16H,2-3H2,1H3,(H,11,17)(H5,9,10,12,13,14,15). The van der Waals surface area contributed by atoms with Crippen LogP contribution in [0.25, 0.3) is 0 Å². The summed E-state index contributed by atoms with van der Waals surface area (Å²) in [6.07, 6.45) is -0.595. The molecule has 0 saturated carbocycles. The number of rotatable bonds is 5. The van der Waals surface area contributed by atoms with Gasteiger partial charge in [0, 0.05) is 6.54 Å². The van der Waals surface area contributed by atoms with Crippen LogP contribution in [0.15, 0.2) is 0 Å². The largest absolute Gasteiger partial charge is 0.392 e. The van der Waals surface area contributed by atoms with Gasteiger partial charge in [0.2, 0.25) is 23.8 Å². The molecular formula is C8H15N7O2. The maximum atomic E-state index is 11.3. The third kappa shape index (κ3) is 4.93. The molecule has 1 amide bonds. The van der Waals surface area contributed by atoms with Gasteiger partial charge in [0.15, 0.2) is 0 Å². The molecule has 0 saturated heterocycles. The van der Waals surface area contributed by atoms with Crippen LogP contribution in [-0.4, -0.2) is 45.2 Å². The van der Waals surface area contributed by atoms with Crippen molar-refractivity contribution in [2.75, 3.05) is 29.9 Å². The molecule has 0 fully saturated rings. The number of carbonyl (C=O) groups excluding carboxylic acids is 1. The summed E-state index contributed by atoms with van der Waals surface area (Å²) in [6.45, 7) is 1.71. The zero-order valence-corrected chi connectivity index (χ0v) is 9.34. The molecule has 0 spiro atoms. The van der Waals surface area contributed by atoms with Crippen LogP contribution in [0.5, 0.6) is 0 Å². The van der Waals surface area contributed by atoms with Crippen LogP contribution >= 0.6 is 0 Å². The number of nitrogen functional groups attached to an aromatic ring is 2. The molecule has 0 bridgehead atoms. The van der Waals surface area contributed by atoms with E-state index in [1.165, 1.54) is 0 Å². The quantitative estimate of drug-likeness (QED) is 0.394. The van der Waals surface area contributed by atoms with Crippen LogP contribution in [0.2, 0.25) is 0 Å². The Labute approximate surface area is 97.7 Å². The van der Waals surface area contributed by atoms with Crippen molar-refractivity contribution in [3.63, 3.8) is 0 Å². The molecule has 0 aliphatic carbocycles. The van der Waals surface area contributed by atoms with E-state index in [2.05, 4.69) is 25.6 Å². The number of hydrogen-bond acceptors (Lipinski definition) is 8. The molecule has 94 valence electrons. The van der Waals surface area contributed by atoms with Gasteiger partial charge in [0.05, 0.1) is 12.6 Å². The molecule has 0 aromatic carbocycles. The zero-order valence-electron chi connectivity index (χ0n) is 9.34. The summed E-state index contributed by atoms with van der Waals surface area (Å²) in [4.78, 5) is 22.3. The topological polar surface area (TPSA) is 152 Å². The number of hydrogen-bond donors (Lipinski definition) is 5. The molecule has 1 rings (SSSR count). The summed E-state index contributed by atoms with van der Waals surface area (Å²) in [5, 5.41) is 14.1. The second-order valence-electron chi connectivity index (χ2n) is 3.38. The maximum Gasteiger partial charge on any atom is 0.239 e. The molecule has 9 nitrogen and oxygen atoms in total. The number of aliphatic hydroxyl groups excluding tert-OH is 1. The van der Waals surface area contributed by atoms with Crippen molar-refractivity contribution in [3.8, 4) is 0 Å². The summed E-state index contributed by atoms with van der Waals surface area (Å²) in [7, 11) is 0. The Morgan fingerprint density at radius 2 is 1.94 bits per heavy atom. The summed E-state index contributed by atoms with van der Waals surface area (Å²) >= 11 is 0. The third-order valence-corrected chi connectivity index (χ3v) is 1.67. The van der Waals surface area contributed by atoms with Crippen molar-refractivity contribution < 1.29 is 9.90 Å². The van der Waals surface area contributed by atoms with E-state index in [1.807, 2.05) is 0 Å². The fraction of sp³-hybridized carbons (Fsp3) is 0.500. The first kappa shape index (κ1) is 12.9. The molecule has 0 radical (unpaired) electrons. The molecule has 0 aliphatic rings. The Morgan fingerprint density at radius 3 is 2.47 bits per heavy atom. The molecule has 1 unspecified atom stereocenters. The predicted molar refractivity (Wildman–Crippen MR) is 61.8 cm³/mol. The Morgan fingerprint density at radius 1 is 1.35 bits per heavy atom. The third-order valence-electron chi connectivity index (χ3n) is 1.67. The molecule has 17 heavy (non-hydrogen) atoms. The Hall–Kier alpha value is -2.16. The van der Waals surface area contributed by atoms with Crippen LogP contribution in [0, 0.1) is 0 Å². The summed E-state index contributed by atoms with van der Waals surface area (Å²) in [5.41, 5.74) is 10.7. The van der Waals surface area contributed by atoms with Crippen molar-refractivity contribution in [2.24, 2.45) is 0 Å². The van der Waals surface area contributed by atoms with Gasteiger partial charge in [0.25, 0.3) is 0 Å². The van der Waals surface area contributed by atoms with E-state index in [0.29, 0.717) is 0 Å². The predicted octanol–water partition coefficient (Wildman–Crippen LogP) is -2.06. The van der Waals surface area contributed by atoms with E-state index >= 15 is 0 Å². The van der Waals surface area contributed by atoms with E-state index in [1.54, 1.807) is 6.92 Å². The van der Waals surface area contributed by atoms with Gasteiger partial charge in [-0.25, -0.2) is 0 Å². The number of aromatic nitrogens is 3. The van der Waals surface area contributed by atoms with Gasteiger partial charge in [-0.2, -0.15) is 15.0 Å². The number of amides is 1. The van der Waals surface area contributed by atoms with Gasteiger partial charge < -0.3 is 27.2 Å². The van der Waals surface area contributed by atoms with E-state index in [9.17, 15) is 4.79 Å². The van der Waals surface area contributed by atoms with Gasteiger partial charge >= 0.3 is 0 Å². The van der Waals surface area contributed by atoms with Crippen LogP contribution in [0.1, 0.15) is 6.92 Å². The Kier molecular flexibility index (Phi) is 4.40. The highest BCUT2D eigenvalue weighted by atomic mass is 16.3. The summed E-state index contributed by atoms with van der Waals surface area (Å²) in [6, 6.07) is 0. The van der Waals surface area contributed by atoms with Crippen LogP contribution in [0.4, 0.5) is 17.8 Å². The molecular weight excluding hydrogens is 226 g/mol. The van der Waals surface area contributed by atoms with Crippen molar-refractivity contribution in [3.05, 3.63) is 0 Å². The SMILES string of the molecule is CC(O)CNC(=O)CNc1nc(N)nc(N)n1. The van der Waals surface area contributed by atoms with Crippen LogP contribution < -0.4 is 22.1 Å². The minimum absolute atomic E-state index is 0.0237. The number of nitrogens with zero attached hydrogens (tertiary/aromatic N) is 3. The molecule has 1 atom stereocenters. The smallest absolute Gasteiger partial charge is 0.239 e. The minimum Gasteiger partial charge on any atom is -0.392 e. The van der Waals surface area contributed by atoms with Crippen molar-refractivity contribution >= 4 is 23.8 Å². The van der Waals surface area contributed by atoms with Gasteiger partial charge in [-0.15, -0.1) is 0 Å². The highest BCUT2D eigenvalue weighted by molar-refractivity contribution is 5.80. The van der Waals surface area contributed by atoms with Crippen LogP contribution in [0.3, 0.4) is 0 Å². The number of nitrogens with one attached hydrogen (secondary N) is 2. The van der Waals surface area contributed by atoms with E-state index in [4.69, 9.17) is 16.6 Å². The van der Waals surface area contributed by atoms with E-state index < -0.39 is 6.10 Å². The van der Waals surface area contributed by atoms with Crippen molar-refractivity contribution in [2.45, 2.75) is 13.0 Å². The monoisotopic (exact) mass is 241 g/mol. The Balaban J connectivity index is 2.42.